The minimum Gasteiger partial charge on any atom is -0.451 e. The van der Waals surface area contributed by atoms with Crippen LogP contribution in [0.1, 0.15) is 47.3 Å². The molecule has 0 spiro atoms. The van der Waals surface area contributed by atoms with Crippen molar-refractivity contribution in [2.75, 3.05) is 18.1 Å². The van der Waals surface area contributed by atoms with Crippen LogP contribution in [0.4, 0.5) is 0 Å². The molecule has 0 bridgehead atoms. The van der Waals surface area contributed by atoms with E-state index < -0.39 is 15.8 Å². The molecule has 2 aliphatic rings. The number of carbonyl (C=O) groups is 2. The van der Waals surface area contributed by atoms with Gasteiger partial charge in [-0.2, -0.15) is 0 Å². The van der Waals surface area contributed by atoms with Crippen LogP contribution in [0.3, 0.4) is 0 Å². The first kappa shape index (κ1) is 22.0. The first-order valence-corrected chi connectivity index (χ1v) is 13.4. The highest BCUT2D eigenvalue weighted by atomic mass is 32.2. The fourth-order valence-corrected chi connectivity index (χ4v) is 7.10. The number of carbonyl (C=O) groups excluding carboxylic acids is 2. The Morgan fingerprint density at radius 2 is 1.77 bits per heavy atom. The van der Waals surface area contributed by atoms with Crippen LogP contribution in [-0.4, -0.2) is 55.4 Å². The van der Waals surface area contributed by atoms with Crippen LogP contribution in [0.5, 0.6) is 0 Å². The van der Waals surface area contributed by atoms with Crippen LogP contribution in [0.15, 0.2) is 35.7 Å². The van der Waals surface area contributed by atoms with Crippen LogP contribution in [0.25, 0.3) is 11.1 Å². The summed E-state index contributed by atoms with van der Waals surface area (Å²) >= 11 is 1.29. The second-order valence-electron chi connectivity index (χ2n) is 8.40. The number of ether oxygens (including phenoxy) is 1. The highest BCUT2D eigenvalue weighted by Crippen LogP contribution is 2.31. The van der Waals surface area contributed by atoms with E-state index in [1.165, 1.54) is 11.3 Å². The van der Waals surface area contributed by atoms with E-state index in [2.05, 4.69) is 0 Å². The summed E-state index contributed by atoms with van der Waals surface area (Å²) in [6, 6.07) is 9.49. The standard InChI is InChI=1S/C23H27NO5S2/c1-16-6-8-17(9-7-16)20-10-12-30-22(20)23(26)29-14-21(25)24(18-4-2-3-5-18)19-11-13-31(27,28)15-19/h6-10,12,18-19H,2-5,11,13-15H2,1H3. The number of nitrogens with zero attached hydrogens (tertiary/aromatic N) is 1. The van der Waals surface area contributed by atoms with E-state index in [1.807, 2.05) is 42.6 Å². The van der Waals surface area contributed by atoms with Crippen molar-refractivity contribution in [2.45, 2.75) is 51.1 Å². The van der Waals surface area contributed by atoms with Gasteiger partial charge in [0.1, 0.15) is 4.88 Å². The van der Waals surface area contributed by atoms with Crippen molar-refractivity contribution in [3.8, 4) is 11.1 Å². The number of amides is 1. The highest BCUT2D eigenvalue weighted by molar-refractivity contribution is 7.91. The molecule has 166 valence electrons. The Hall–Kier alpha value is -2.19. The summed E-state index contributed by atoms with van der Waals surface area (Å²) in [7, 11) is -3.11. The largest absolute Gasteiger partial charge is 0.451 e. The molecular weight excluding hydrogens is 434 g/mol. The maximum atomic E-state index is 13.1. The Balaban J connectivity index is 1.45. The fraction of sp³-hybridized carbons (Fsp3) is 0.478. The average molecular weight is 462 g/mol. The Morgan fingerprint density at radius 3 is 2.42 bits per heavy atom. The normalized spacial score (nSPS) is 20.6. The summed E-state index contributed by atoms with van der Waals surface area (Å²) < 4.78 is 29.4. The summed E-state index contributed by atoms with van der Waals surface area (Å²) in [6.45, 7) is 1.64. The van der Waals surface area contributed by atoms with Crippen molar-refractivity contribution in [2.24, 2.45) is 0 Å². The zero-order chi connectivity index (χ0) is 22.0. The van der Waals surface area contributed by atoms with Crippen LogP contribution < -0.4 is 0 Å². The van der Waals surface area contributed by atoms with Crippen LogP contribution in [0.2, 0.25) is 0 Å². The van der Waals surface area contributed by atoms with Gasteiger partial charge in [-0.15, -0.1) is 11.3 Å². The Morgan fingerprint density at radius 1 is 1.06 bits per heavy atom. The number of rotatable bonds is 6. The quantitative estimate of drug-likeness (QED) is 0.611. The van der Waals surface area contributed by atoms with Gasteiger partial charge in [0.25, 0.3) is 5.91 Å². The molecule has 1 aromatic carbocycles. The smallest absolute Gasteiger partial charge is 0.349 e. The van der Waals surface area contributed by atoms with Gasteiger partial charge in [0.2, 0.25) is 0 Å². The van der Waals surface area contributed by atoms with Gasteiger partial charge in [-0.1, -0.05) is 42.7 Å². The first-order chi connectivity index (χ1) is 14.8. The van der Waals surface area contributed by atoms with Gasteiger partial charge in [-0.25, -0.2) is 13.2 Å². The molecule has 1 amide bonds. The number of hydrogen-bond donors (Lipinski definition) is 0. The van der Waals surface area contributed by atoms with E-state index >= 15 is 0 Å². The molecule has 6 nitrogen and oxygen atoms in total. The van der Waals surface area contributed by atoms with E-state index in [9.17, 15) is 18.0 Å². The Bertz CT molecular complexity index is 1050. The van der Waals surface area contributed by atoms with E-state index in [0.29, 0.717) is 11.3 Å². The number of esters is 1. The fourth-order valence-electron chi connectivity index (χ4n) is 4.58. The number of hydrogen-bond acceptors (Lipinski definition) is 6. The molecule has 1 saturated carbocycles. The Labute approximate surface area is 187 Å². The summed E-state index contributed by atoms with van der Waals surface area (Å²) in [6.07, 6.45) is 4.27. The molecule has 1 atom stereocenters. The number of sulfone groups is 1. The van der Waals surface area contributed by atoms with Gasteiger partial charge in [0.05, 0.1) is 11.5 Å². The molecule has 1 aliphatic carbocycles. The lowest BCUT2D eigenvalue weighted by Crippen LogP contribution is -2.48. The average Bonchev–Trinajstić information content (AvgIpc) is 3.48. The maximum Gasteiger partial charge on any atom is 0.349 e. The lowest BCUT2D eigenvalue weighted by molar-refractivity contribution is -0.139. The van der Waals surface area contributed by atoms with Gasteiger partial charge < -0.3 is 9.64 Å². The predicted octanol–water partition coefficient (Wildman–Crippen LogP) is 3.84. The van der Waals surface area contributed by atoms with E-state index in [1.54, 1.807) is 4.90 Å². The lowest BCUT2D eigenvalue weighted by atomic mass is 10.1. The maximum absolute atomic E-state index is 13.1. The van der Waals surface area contributed by atoms with Crippen LogP contribution in [0, 0.1) is 6.92 Å². The van der Waals surface area contributed by atoms with Crippen molar-refractivity contribution >= 4 is 33.1 Å². The highest BCUT2D eigenvalue weighted by Gasteiger charge is 2.39. The topological polar surface area (TPSA) is 80.8 Å². The van der Waals surface area contributed by atoms with Gasteiger partial charge >= 0.3 is 5.97 Å². The summed E-state index contributed by atoms with van der Waals surface area (Å²) in [5.74, 6) is -0.700. The molecule has 1 unspecified atom stereocenters. The molecule has 4 rings (SSSR count). The lowest BCUT2D eigenvalue weighted by Gasteiger charge is -2.33. The second kappa shape index (κ2) is 9.12. The van der Waals surface area contributed by atoms with E-state index in [4.69, 9.17) is 4.74 Å². The molecule has 2 heterocycles. The molecule has 1 aliphatic heterocycles. The Kier molecular flexibility index (Phi) is 6.48. The third kappa shape index (κ3) is 5.01. The zero-order valence-electron chi connectivity index (χ0n) is 17.6. The van der Waals surface area contributed by atoms with Crippen LogP contribution in [-0.2, 0) is 19.4 Å². The van der Waals surface area contributed by atoms with Crippen molar-refractivity contribution in [1.29, 1.82) is 0 Å². The van der Waals surface area contributed by atoms with Gasteiger partial charge in [0.15, 0.2) is 16.4 Å². The van der Waals surface area contributed by atoms with E-state index in [0.717, 1.165) is 42.4 Å². The minimum atomic E-state index is -3.11. The molecule has 2 aromatic rings. The predicted molar refractivity (Wildman–Crippen MR) is 121 cm³/mol. The minimum absolute atomic E-state index is 0.00564. The van der Waals surface area contributed by atoms with Crippen molar-refractivity contribution in [3.05, 3.63) is 46.2 Å². The molecule has 0 N–H and O–H groups in total. The SMILES string of the molecule is Cc1ccc(-c2ccsc2C(=O)OCC(=O)N(C2CCCC2)C2CCS(=O)(=O)C2)cc1. The van der Waals surface area contributed by atoms with E-state index in [-0.39, 0.29) is 36.1 Å². The first-order valence-electron chi connectivity index (χ1n) is 10.7. The zero-order valence-corrected chi connectivity index (χ0v) is 19.2. The van der Waals surface area contributed by atoms with Crippen molar-refractivity contribution in [3.63, 3.8) is 0 Å². The third-order valence-corrected chi connectivity index (χ3v) is 8.79. The van der Waals surface area contributed by atoms with Crippen LogP contribution >= 0.6 is 11.3 Å². The molecular formula is C23H27NO5S2. The molecule has 8 heteroatoms. The van der Waals surface area contributed by atoms with Gasteiger partial charge in [-0.05, 0) is 43.2 Å². The molecule has 31 heavy (non-hydrogen) atoms. The third-order valence-electron chi connectivity index (χ3n) is 6.15. The summed E-state index contributed by atoms with van der Waals surface area (Å²) in [5, 5.41) is 1.84. The van der Waals surface area contributed by atoms with Crippen molar-refractivity contribution < 1.29 is 22.7 Å². The number of aryl methyl sites for hydroxylation is 1. The summed E-state index contributed by atoms with van der Waals surface area (Å²) in [4.78, 5) is 28.0. The van der Waals surface area contributed by atoms with Crippen molar-refractivity contribution in [1.82, 2.24) is 4.90 Å². The molecule has 0 radical (unpaired) electrons. The monoisotopic (exact) mass is 461 g/mol. The van der Waals surface area contributed by atoms with Gasteiger partial charge in [-0.3, -0.25) is 4.79 Å². The van der Waals surface area contributed by atoms with Gasteiger partial charge in [0, 0.05) is 17.6 Å². The molecule has 1 saturated heterocycles. The molecule has 1 aromatic heterocycles. The molecule has 2 fully saturated rings. The number of benzene rings is 1. The summed E-state index contributed by atoms with van der Waals surface area (Å²) in [5.41, 5.74) is 2.85. The number of thiophene rings is 1. The second-order valence-corrected chi connectivity index (χ2v) is 11.5.